The molecule has 3 heteroatoms. The van der Waals surface area contributed by atoms with E-state index in [9.17, 15) is 0 Å². The molecule has 124 valence electrons. The van der Waals surface area contributed by atoms with Gasteiger partial charge in [0.25, 0.3) is 0 Å². The van der Waals surface area contributed by atoms with Crippen molar-refractivity contribution < 1.29 is 4.74 Å². The van der Waals surface area contributed by atoms with Crippen molar-refractivity contribution in [2.24, 2.45) is 0 Å². The van der Waals surface area contributed by atoms with E-state index in [1.54, 1.807) is 7.11 Å². The predicted molar refractivity (Wildman–Crippen MR) is 103 cm³/mol. The molecule has 4 rings (SSSR count). The number of methoxy groups -OCH3 is 1. The summed E-state index contributed by atoms with van der Waals surface area (Å²) in [5.74, 6) is 1.78. The highest BCUT2D eigenvalue weighted by atomic mass is 16.5. The van der Waals surface area contributed by atoms with Crippen LogP contribution in [0.25, 0.3) is 28.1 Å². The lowest BCUT2D eigenvalue weighted by Gasteiger charge is -2.12. The second kappa shape index (κ2) is 6.10. The van der Waals surface area contributed by atoms with Crippen molar-refractivity contribution in [1.29, 1.82) is 0 Å². The van der Waals surface area contributed by atoms with Gasteiger partial charge < -0.3 is 4.74 Å². The molecule has 4 aromatic rings. The number of benzene rings is 3. The fourth-order valence-corrected chi connectivity index (χ4v) is 3.30. The molecule has 1 aromatic heterocycles. The second-order valence-corrected chi connectivity index (χ2v) is 6.33. The Morgan fingerprint density at radius 2 is 1.52 bits per heavy atom. The number of hydrogen-bond donors (Lipinski definition) is 0. The monoisotopic (exact) mass is 328 g/mol. The molecule has 0 aliphatic carbocycles. The van der Waals surface area contributed by atoms with Gasteiger partial charge in [0.2, 0.25) is 0 Å². The van der Waals surface area contributed by atoms with Gasteiger partial charge in [-0.25, -0.2) is 4.98 Å². The number of rotatable bonds is 3. The Kier molecular flexibility index (Phi) is 3.77. The van der Waals surface area contributed by atoms with Gasteiger partial charge in [0.05, 0.1) is 18.1 Å². The number of nitrogens with zero attached hydrogens (tertiary/aromatic N) is 2. The van der Waals surface area contributed by atoms with Gasteiger partial charge >= 0.3 is 0 Å². The maximum atomic E-state index is 5.28. The van der Waals surface area contributed by atoms with E-state index in [2.05, 4.69) is 66.9 Å². The number of aromatic nitrogens is 2. The molecule has 0 saturated heterocycles. The molecule has 0 spiro atoms. The minimum Gasteiger partial charge on any atom is -0.497 e. The standard InChI is InChI=1S/C22H20N2O/c1-15-12-16(2)14-18(13-15)24-21-7-5-4-6-20(21)23-22(24)17-8-10-19(25-3)11-9-17/h4-14H,1-3H3. The first-order valence-electron chi connectivity index (χ1n) is 8.36. The Bertz CT molecular complexity index is 1030. The highest BCUT2D eigenvalue weighted by molar-refractivity contribution is 5.83. The van der Waals surface area contributed by atoms with Crippen LogP contribution in [0.15, 0.2) is 66.7 Å². The SMILES string of the molecule is COc1ccc(-c2nc3ccccc3n2-c2cc(C)cc(C)c2)cc1. The van der Waals surface area contributed by atoms with Crippen LogP contribution in [0, 0.1) is 13.8 Å². The first-order chi connectivity index (χ1) is 12.2. The first kappa shape index (κ1) is 15.5. The molecule has 0 bridgehead atoms. The lowest BCUT2D eigenvalue weighted by molar-refractivity contribution is 0.415. The zero-order chi connectivity index (χ0) is 17.4. The Morgan fingerprint density at radius 1 is 0.840 bits per heavy atom. The van der Waals surface area contributed by atoms with Crippen LogP contribution in [0.4, 0.5) is 0 Å². The third-order valence-corrected chi connectivity index (χ3v) is 4.37. The molecule has 0 fully saturated rings. The molecule has 0 saturated carbocycles. The summed E-state index contributed by atoms with van der Waals surface area (Å²) in [7, 11) is 1.68. The molecule has 0 aliphatic heterocycles. The number of hydrogen-bond acceptors (Lipinski definition) is 2. The molecular formula is C22H20N2O. The van der Waals surface area contributed by atoms with E-state index in [1.807, 2.05) is 18.2 Å². The Morgan fingerprint density at radius 3 is 2.20 bits per heavy atom. The van der Waals surface area contributed by atoms with Gasteiger partial charge in [-0.05, 0) is 73.5 Å². The summed E-state index contributed by atoms with van der Waals surface area (Å²) in [6, 6.07) is 22.9. The van der Waals surface area contributed by atoms with Crippen molar-refractivity contribution in [1.82, 2.24) is 9.55 Å². The summed E-state index contributed by atoms with van der Waals surface area (Å²) in [6.07, 6.45) is 0. The highest BCUT2D eigenvalue weighted by Crippen LogP contribution is 2.30. The summed E-state index contributed by atoms with van der Waals surface area (Å²) < 4.78 is 7.52. The van der Waals surface area contributed by atoms with E-state index in [1.165, 1.54) is 11.1 Å². The Balaban J connectivity index is 2.00. The predicted octanol–water partition coefficient (Wildman–Crippen LogP) is 5.32. The number of aryl methyl sites for hydroxylation is 2. The third kappa shape index (κ3) is 2.78. The largest absolute Gasteiger partial charge is 0.497 e. The van der Waals surface area contributed by atoms with Crippen LogP contribution in [0.1, 0.15) is 11.1 Å². The minimum absolute atomic E-state index is 0.845. The zero-order valence-corrected chi connectivity index (χ0v) is 14.7. The van der Waals surface area contributed by atoms with Crippen molar-refractivity contribution in [2.45, 2.75) is 13.8 Å². The second-order valence-electron chi connectivity index (χ2n) is 6.33. The maximum absolute atomic E-state index is 5.28. The fraction of sp³-hybridized carbons (Fsp3) is 0.136. The summed E-state index contributed by atoms with van der Waals surface area (Å²) >= 11 is 0. The quantitative estimate of drug-likeness (QED) is 0.509. The van der Waals surface area contributed by atoms with E-state index >= 15 is 0 Å². The summed E-state index contributed by atoms with van der Waals surface area (Å²) in [6.45, 7) is 4.26. The highest BCUT2D eigenvalue weighted by Gasteiger charge is 2.14. The number of para-hydroxylation sites is 2. The number of ether oxygens (including phenoxy) is 1. The molecule has 0 amide bonds. The normalized spacial score (nSPS) is 11.0. The lowest BCUT2D eigenvalue weighted by atomic mass is 10.1. The molecule has 25 heavy (non-hydrogen) atoms. The van der Waals surface area contributed by atoms with E-state index in [-0.39, 0.29) is 0 Å². The van der Waals surface area contributed by atoms with Gasteiger partial charge in [0, 0.05) is 11.3 Å². The molecule has 0 radical (unpaired) electrons. The van der Waals surface area contributed by atoms with Crippen molar-refractivity contribution in [2.75, 3.05) is 7.11 Å². The van der Waals surface area contributed by atoms with Gasteiger partial charge in [-0.2, -0.15) is 0 Å². The molecule has 0 unspecified atom stereocenters. The van der Waals surface area contributed by atoms with Crippen LogP contribution < -0.4 is 4.74 Å². The van der Waals surface area contributed by atoms with Crippen LogP contribution in [0.5, 0.6) is 5.75 Å². The number of imidazole rings is 1. The molecule has 0 aliphatic rings. The van der Waals surface area contributed by atoms with Crippen LogP contribution in [0.3, 0.4) is 0 Å². The average molecular weight is 328 g/mol. The van der Waals surface area contributed by atoms with Crippen molar-refractivity contribution >= 4 is 11.0 Å². The van der Waals surface area contributed by atoms with Gasteiger partial charge in [0.1, 0.15) is 11.6 Å². The summed E-state index contributed by atoms with van der Waals surface area (Å²) in [5, 5.41) is 0. The van der Waals surface area contributed by atoms with E-state index in [0.717, 1.165) is 33.9 Å². The fourth-order valence-electron chi connectivity index (χ4n) is 3.30. The first-order valence-corrected chi connectivity index (χ1v) is 8.36. The maximum Gasteiger partial charge on any atom is 0.145 e. The van der Waals surface area contributed by atoms with Crippen LogP contribution in [-0.2, 0) is 0 Å². The van der Waals surface area contributed by atoms with E-state index in [0.29, 0.717) is 0 Å². The van der Waals surface area contributed by atoms with Crippen LogP contribution >= 0.6 is 0 Å². The molecule has 3 nitrogen and oxygen atoms in total. The summed E-state index contributed by atoms with van der Waals surface area (Å²) in [4.78, 5) is 4.90. The average Bonchev–Trinajstić information content (AvgIpc) is 3.00. The van der Waals surface area contributed by atoms with Crippen LogP contribution in [0.2, 0.25) is 0 Å². The smallest absolute Gasteiger partial charge is 0.145 e. The van der Waals surface area contributed by atoms with Crippen molar-refractivity contribution in [3.05, 3.63) is 77.9 Å². The van der Waals surface area contributed by atoms with Gasteiger partial charge in [-0.3, -0.25) is 4.57 Å². The molecule has 3 aromatic carbocycles. The topological polar surface area (TPSA) is 27.1 Å². The third-order valence-electron chi connectivity index (χ3n) is 4.37. The van der Waals surface area contributed by atoms with E-state index in [4.69, 9.17) is 9.72 Å². The molecule has 1 heterocycles. The van der Waals surface area contributed by atoms with Gasteiger partial charge in [-0.15, -0.1) is 0 Å². The van der Waals surface area contributed by atoms with Gasteiger partial charge in [0.15, 0.2) is 0 Å². The Labute approximate surface area is 147 Å². The van der Waals surface area contributed by atoms with Crippen LogP contribution in [-0.4, -0.2) is 16.7 Å². The summed E-state index contributed by atoms with van der Waals surface area (Å²) in [5.41, 5.74) is 6.79. The number of fused-ring (bicyclic) bond motifs is 1. The van der Waals surface area contributed by atoms with Gasteiger partial charge in [-0.1, -0.05) is 18.2 Å². The zero-order valence-electron chi connectivity index (χ0n) is 14.7. The Hall–Kier alpha value is -3.07. The molecule has 0 atom stereocenters. The van der Waals surface area contributed by atoms with Crippen molar-refractivity contribution in [3.8, 4) is 22.8 Å². The lowest BCUT2D eigenvalue weighted by Crippen LogP contribution is -1.99. The molecule has 0 N–H and O–H groups in total. The minimum atomic E-state index is 0.845. The molecular weight excluding hydrogens is 308 g/mol. The van der Waals surface area contributed by atoms with E-state index < -0.39 is 0 Å². The van der Waals surface area contributed by atoms with Crippen molar-refractivity contribution in [3.63, 3.8) is 0 Å².